The van der Waals surface area contributed by atoms with Crippen LogP contribution in [0.2, 0.25) is 0 Å². The highest BCUT2D eigenvalue weighted by atomic mass is 19.1. The fraction of sp³-hybridized carbons (Fsp3) is 0.533. The summed E-state index contributed by atoms with van der Waals surface area (Å²) in [5.41, 5.74) is 2.84. The van der Waals surface area contributed by atoms with E-state index in [4.69, 9.17) is 9.72 Å². The number of fused-ring (bicyclic) bond motifs is 1. The normalized spacial score (nSPS) is 22.2. The van der Waals surface area contributed by atoms with Gasteiger partial charge in [0.25, 0.3) is 0 Å². The predicted molar refractivity (Wildman–Crippen MR) is 153 cm³/mol. The Balaban J connectivity index is 1.31. The largest absolute Gasteiger partial charge is 0.473 e. The van der Waals surface area contributed by atoms with E-state index in [0.29, 0.717) is 61.5 Å². The van der Waals surface area contributed by atoms with E-state index in [1.807, 2.05) is 51.1 Å². The van der Waals surface area contributed by atoms with Gasteiger partial charge in [-0.05, 0) is 43.4 Å². The van der Waals surface area contributed by atoms with Crippen molar-refractivity contribution in [2.24, 2.45) is 11.3 Å². The molecule has 0 bridgehead atoms. The molecule has 1 unspecified atom stereocenters. The van der Waals surface area contributed by atoms with Crippen molar-refractivity contribution in [2.75, 3.05) is 31.1 Å². The van der Waals surface area contributed by atoms with Gasteiger partial charge in [0.1, 0.15) is 17.4 Å². The molecule has 41 heavy (non-hydrogen) atoms. The Labute approximate surface area is 238 Å². The summed E-state index contributed by atoms with van der Waals surface area (Å²) in [5.74, 6) is 0.108. The standard InChI is InChI=1S/C30H37FN6O4/c1-17(19-12-26(38)32-14-19)41-28-27-23(33-16-37(27)20-6-7-20)13-22(34-28)18-5-8-24(21(31)11-18)35-9-10-36(29(39)40)25(15-35)30(2,3)4/h5,8,11,13,16-17,19-20,25H,6-7,9-10,12,14-15H2,1-4H3,(H,32,38)(H,39,40)/t17-,19-,25?/m1/s1. The van der Waals surface area contributed by atoms with Gasteiger partial charge in [-0.3, -0.25) is 4.79 Å². The number of hydrogen-bond acceptors (Lipinski definition) is 6. The molecule has 2 amide bonds. The first kappa shape index (κ1) is 27.3. The van der Waals surface area contributed by atoms with Crippen molar-refractivity contribution in [1.82, 2.24) is 24.8 Å². The quantitative estimate of drug-likeness (QED) is 0.447. The molecule has 2 saturated heterocycles. The summed E-state index contributed by atoms with van der Waals surface area (Å²) in [5, 5.41) is 12.6. The van der Waals surface area contributed by atoms with E-state index in [1.54, 1.807) is 6.07 Å². The maximum atomic E-state index is 15.7. The number of pyridine rings is 1. The van der Waals surface area contributed by atoms with Crippen molar-refractivity contribution in [1.29, 1.82) is 0 Å². The second-order valence-electron chi connectivity index (χ2n) is 12.6. The first-order chi connectivity index (χ1) is 19.5. The number of ether oxygens (including phenoxy) is 1. The number of nitrogens with zero attached hydrogens (tertiary/aromatic N) is 5. The second kappa shape index (κ2) is 10.2. The monoisotopic (exact) mass is 564 g/mol. The van der Waals surface area contributed by atoms with Crippen molar-refractivity contribution >= 4 is 28.7 Å². The lowest BCUT2D eigenvalue weighted by molar-refractivity contribution is -0.119. The number of imidazole rings is 1. The van der Waals surface area contributed by atoms with Crippen molar-refractivity contribution in [2.45, 2.75) is 65.1 Å². The average Bonchev–Trinajstić information content (AvgIpc) is 3.52. The van der Waals surface area contributed by atoms with Gasteiger partial charge in [0.15, 0.2) is 0 Å². The van der Waals surface area contributed by atoms with Crippen LogP contribution in [0.3, 0.4) is 0 Å². The summed E-state index contributed by atoms with van der Waals surface area (Å²) >= 11 is 0. The van der Waals surface area contributed by atoms with Crippen molar-refractivity contribution < 1.29 is 23.8 Å². The molecular formula is C30H37FN6O4. The number of nitrogens with one attached hydrogen (secondary N) is 1. The fourth-order valence-corrected chi connectivity index (χ4v) is 6.01. The molecule has 3 aromatic rings. The zero-order valence-electron chi connectivity index (χ0n) is 23.9. The van der Waals surface area contributed by atoms with Crippen LogP contribution in [0.4, 0.5) is 14.9 Å². The minimum absolute atomic E-state index is 0.0223. The number of carbonyl (C=O) groups excluding carboxylic acids is 1. The Morgan fingerprint density at radius 1 is 1.22 bits per heavy atom. The van der Waals surface area contributed by atoms with E-state index in [9.17, 15) is 14.7 Å². The SMILES string of the molecule is C[C@@H](Oc1nc(-c2ccc(N3CCN(C(=O)O)C(C(C)(C)C)C3)c(F)c2)cc2ncn(C3CC3)c12)[C@H]1CNC(=O)C1. The molecule has 11 heteroatoms. The Kier molecular flexibility index (Phi) is 6.78. The van der Waals surface area contributed by atoms with Crippen LogP contribution in [-0.2, 0) is 4.79 Å². The molecule has 2 N–H and O–H groups in total. The van der Waals surface area contributed by atoms with Gasteiger partial charge in [-0.1, -0.05) is 26.8 Å². The van der Waals surface area contributed by atoms with E-state index in [1.165, 1.54) is 11.0 Å². The number of amides is 2. The van der Waals surface area contributed by atoms with Crippen LogP contribution in [0.15, 0.2) is 30.6 Å². The van der Waals surface area contributed by atoms with E-state index in [-0.39, 0.29) is 29.4 Å². The van der Waals surface area contributed by atoms with Crippen LogP contribution in [-0.4, -0.2) is 74.9 Å². The highest BCUT2D eigenvalue weighted by molar-refractivity contribution is 5.85. The minimum Gasteiger partial charge on any atom is -0.473 e. The predicted octanol–water partition coefficient (Wildman–Crippen LogP) is 4.69. The Morgan fingerprint density at radius 3 is 2.63 bits per heavy atom. The number of piperazine rings is 1. The lowest BCUT2D eigenvalue weighted by atomic mass is 9.84. The lowest BCUT2D eigenvalue weighted by Crippen LogP contribution is -2.59. The first-order valence-corrected chi connectivity index (χ1v) is 14.3. The van der Waals surface area contributed by atoms with Gasteiger partial charge in [-0.25, -0.2) is 19.2 Å². The minimum atomic E-state index is -0.950. The fourth-order valence-electron chi connectivity index (χ4n) is 6.01. The number of hydrogen-bond donors (Lipinski definition) is 2. The molecule has 3 atom stereocenters. The summed E-state index contributed by atoms with van der Waals surface area (Å²) < 4.78 is 24.2. The Hall–Kier alpha value is -3.89. The third kappa shape index (κ3) is 5.29. The molecule has 6 rings (SSSR count). The van der Waals surface area contributed by atoms with Gasteiger partial charge in [0.2, 0.25) is 11.8 Å². The van der Waals surface area contributed by atoms with Gasteiger partial charge >= 0.3 is 6.09 Å². The molecule has 0 spiro atoms. The highest BCUT2D eigenvalue weighted by Crippen LogP contribution is 2.41. The maximum Gasteiger partial charge on any atom is 0.407 e. The number of aromatic nitrogens is 3. The smallest absolute Gasteiger partial charge is 0.407 e. The van der Waals surface area contributed by atoms with Gasteiger partial charge < -0.3 is 29.5 Å². The number of carbonyl (C=O) groups is 2. The van der Waals surface area contributed by atoms with Crippen LogP contribution in [0.5, 0.6) is 5.88 Å². The Morgan fingerprint density at radius 2 is 2.00 bits per heavy atom. The van der Waals surface area contributed by atoms with Crippen LogP contribution < -0.4 is 15.0 Å². The molecule has 2 aromatic heterocycles. The topological polar surface area (TPSA) is 113 Å². The zero-order chi connectivity index (χ0) is 29.1. The van der Waals surface area contributed by atoms with E-state index in [2.05, 4.69) is 14.9 Å². The van der Waals surface area contributed by atoms with Gasteiger partial charge in [0, 0.05) is 50.1 Å². The molecule has 3 fully saturated rings. The molecule has 1 aromatic carbocycles. The molecule has 10 nitrogen and oxygen atoms in total. The molecular weight excluding hydrogens is 527 g/mol. The number of anilines is 1. The molecule has 0 radical (unpaired) electrons. The third-order valence-electron chi connectivity index (χ3n) is 8.64. The molecule has 218 valence electrons. The molecule has 2 aliphatic heterocycles. The van der Waals surface area contributed by atoms with Crippen LogP contribution in [0.25, 0.3) is 22.3 Å². The van der Waals surface area contributed by atoms with Crippen molar-refractivity contribution in [3.05, 3.63) is 36.4 Å². The summed E-state index contributed by atoms with van der Waals surface area (Å²) in [4.78, 5) is 36.5. The molecule has 3 aliphatic rings. The first-order valence-electron chi connectivity index (χ1n) is 14.3. The van der Waals surface area contributed by atoms with Crippen molar-refractivity contribution in [3.63, 3.8) is 0 Å². The zero-order valence-corrected chi connectivity index (χ0v) is 23.9. The third-order valence-corrected chi connectivity index (χ3v) is 8.64. The average molecular weight is 565 g/mol. The van der Waals surface area contributed by atoms with Crippen molar-refractivity contribution in [3.8, 4) is 17.1 Å². The maximum absolute atomic E-state index is 15.7. The summed E-state index contributed by atoms with van der Waals surface area (Å²) in [6.07, 6.45) is 3.18. The van der Waals surface area contributed by atoms with Gasteiger partial charge in [-0.15, -0.1) is 0 Å². The van der Waals surface area contributed by atoms with E-state index >= 15 is 4.39 Å². The molecule has 4 heterocycles. The second-order valence-corrected chi connectivity index (χ2v) is 12.6. The summed E-state index contributed by atoms with van der Waals surface area (Å²) in [6.45, 7) is 9.65. The summed E-state index contributed by atoms with van der Waals surface area (Å²) in [7, 11) is 0. The number of rotatable bonds is 6. The Bertz CT molecular complexity index is 1500. The lowest BCUT2D eigenvalue weighted by Gasteiger charge is -2.46. The molecule has 1 aliphatic carbocycles. The van der Waals surface area contributed by atoms with Gasteiger partial charge in [0.05, 0.1) is 29.3 Å². The number of halogens is 1. The number of carboxylic acid groups (broad SMARTS) is 1. The number of benzene rings is 1. The summed E-state index contributed by atoms with van der Waals surface area (Å²) in [6, 6.07) is 7.02. The van der Waals surface area contributed by atoms with E-state index in [0.717, 1.165) is 23.9 Å². The van der Waals surface area contributed by atoms with Gasteiger partial charge in [-0.2, -0.15) is 0 Å². The van der Waals surface area contributed by atoms with Crippen LogP contribution in [0.1, 0.15) is 53.0 Å². The molecule has 1 saturated carbocycles. The van der Waals surface area contributed by atoms with E-state index < -0.39 is 11.9 Å². The van der Waals surface area contributed by atoms with Crippen LogP contribution in [0, 0.1) is 17.2 Å². The highest BCUT2D eigenvalue weighted by Gasteiger charge is 2.38. The van der Waals surface area contributed by atoms with Crippen LogP contribution >= 0.6 is 0 Å².